The van der Waals surface area contributed by atoms with Crippen LogP contribution in [-0.2, 0) is 16.2 Å². The van der Waals surface area contributed by atoms with Gasteiger partial charge in [0.05, 0.1) is 21.8 Å². The maximum atomic E-state index is 13.0. The molecule has 0 aliphatic rings. The highest BCUT2D eigenvalue weighted by molar-refractivity contribution is 7.92. The van der Waals surface area contributed by atoms with Crippen LogP contribution < -0.4 is 4.72 Å². The second kappa shape index (κ2) is 6.41. The van der Waals surface area contributed by atoms with Gasteiger partial charge in [0.1, 0.15) is 18.5 Å². The number of alkyl halides is 3. The van der Waals surface area contributed by atoms with Crippen molar-refractivity contribution in [3.05, 3.63) is 66.5 Å². The van der Waals surface area contributed by atoms with Crippen LogP contribution in [0.3, 0.4) is 0 Å². The summed E-state index contributed by atoms with van der Waals surface area (Å²) in [5, 5.41) is 3.79. The highest BCUT2D eigenvalue weighted by Gasteiger charge is 2.32. The summed E-state index contributed by atoms with van der Waals surface area (Å²) in [5.74, 6) is -0.647. The van der Waals surface area contributed by atoms with Gasteiger partial charge in [0, 0.05) is 0 Å². The standard InChI is InChI=1S/C15H10F4N4O2S/c16-11-2-4-12(5-3-11)26(24,25)22-13-7-10(15(17,18)19)1-6-14(13)23-9-20-8-21-23/h1-9,22H. The third kappa shape index (κ3) is 3.67. The lowest BCUT2D eigenvalue weighted by molar-refractivity contribution is -0.137. The molecule has 3 rings (SSSR count). The van der Waals surface area contributed by atoms with Crippen molar-refractivity contribution in [3.63, 3.8) is 0 Å². The Morgan fingerprint density at radius 2 is 1.73 bits per heavy atom. The van der Waals surface area contributed by atoms with E-state index in [1.54, 1.807) is 0 Å². The number of hydrogen-bond donors (Lipinski definition) is 1. The maximum Gasteiger partial charge on any atom is 0.416 e. The number of aromatic nitrogens is 3. The molecule has 1 aromatic heterocycles. The number of nitrogens with zero attached hydrogens (tertiary/aromatic N) is 3. The quantitative estimate of drug-likeness (QED) is 0.699. The average Bonchev–Trinajstić information content (AvgIpc) is 3.08. The normalized spacial score (nSPS) is 12.2. The number of hydrogen-bond acceptors (Lipinski definition) is 4. The average molecular weight is 386 g/mol. The van der Waals surface area contributed by atoms with E-state index in [1.807, 2.05) is 0 Å². The first-order valence-corrected chi connectivity index (χ1v) is 8.50. The van der Waals surface area contributed by atoms with E-state index in [1.165, 1.54) is 6.33 Å². The number of anilines is 1. The topological polar surface area (TPSA) is 76.9 Å². The minimum absolute atomic E-state index is 0.0428. The summed E-state index contributed by atoms with van der Waals surface area (Å²) in [4.78, 5) is 3.38. The van der Waals surface area contributed by atoms with Crippen molar-refractivity contribution in [3.8, 4) is 5.69 Å². The fourth-order valence-electron chi connectivity index (χ4n) is 2.14. The number of sulfonamides is 1. The number of benzene rings is 2. The molecule has 0 unspecified atom stereocenters. The summed E-state index contributed by atoms with van der Waals surface area (Å²) in [6.45, 7) is 0. The van der Waals surface area contributed by atoms with Crippen molar-refractivity contribution in [1.82, 2.24) is 14.8 Å². The third-order valence-corrected chi connectivity index (χ3v) is 4.74. The highest BCUT2D eigenvalue weighted by atomic mass is 32.2. The van der Waals surface area contributed by atoms with Crippen molar-refractivity contribution >= 4 is 15.7 Å². The summed E-state index contributed by atoms with van der Waals surface area (Å²) < 4.78 is 80.0. The molecule has 3 aromatic rings. The SMILES string of the molecule is O=S(=O)(Nc1cc(C(F)(F)F)ccc1-n1cncn1)c1ccc(F)cc1. The van der Waals surface area contributed by atoms with Gasteiger partial charge >= 0.3 is 6.18 Å². The minimum Gasteiger partial charge on any atom is -0.277 e. The molecule has 136 valence electrons. The zero-order valence-electron chi connectivity index (χ0n) is 12.8. The molecule has 2 aromatic carbocycles. The van der Waals surface area contributed by atoms with Crippen molar-refractivity contribution in [2.24, 2.45) is 0 Å². The molecule has 0 saturated carbocycles. The summed E-state index contributed by atoms with van der Waals surface area (Å²) in [6, 6.07) is 6.38. The van der Waals surface area contributed by atoms with Crippen molar-refractivity contribution < 1.29 is 26.0 Å². The van der Waals surface area contributed by atoms with Gasteiger partial charge in [0.15, 0.2) is 0 Å². The van der Waals surface area contributed by atoms with Gasteiger partial charge in [0.25, 0.3) is 10.0 Å². The number of halogens is 4. The van der Waals surface area contributed by atoms with Gasteiger partial charge in [-0.15, -0.1) is 0 Å². The fourth-order valence-corrected chi connectivity index (χ4v) is 3.21. The number of nitrogens with one attached hydrogen (secondary N) is 1. The Kier molecular flexibility index (Phi) is 4.40. The van der Waals surface area contributed by atoms with E-state index in [-0.39, 0.29) is 16.3 Å². The van der Waals surface area contributed by atoms with Crippen LogP contribution >= 0.6 is 0 Å². The first kappa shape index (κ1) is 17.9. The van der Waals surface area contributed by atoms with Crippen LogP contribution in [0.4, 0.5) is 23.2 Å². The zero-order valence-corrected chi connectivity index (χ0v) is 13.6. The van der Waals surface area contributed by atoms with Crippen LogP contribution in [0.25, 0.3) is 5.69 Å². The van der Waals surface area contributed by atoms with Crippen LogP contribution in [0, 0.1) is 5.82 Å². The Labute approximate surface area is 145 Å². The monoisotopic (exact) mass is 386 g/mol. The first-order chi connectivity index (χ1) is 12.2. The van der Waals surface area contributed by atoms with Crippen LogP contribution in [-0.4, -0.2) is 23.2 Å². The highest BCUT2D eigenvalue weighted by Crippen LogP contribution is 2.34. The first-order valence-electron chi connectivity index (χ1n) is 7.01. The van der Waals surface area contributed by atoms with Crippen molar-refractivity contribution in [2.45, 2.75) is 11.1 Å². The van der Waals surface area contributed by atoms with E-state index in [2.05, 4.69) is 14.8 Å². The molecule has 0 bridgehead atoms. The largest absolute Gasteiger partial charge is 0.416 e. The Morgan fingerprint density at radius 1 is 1.04 bits per heavy atom. The molecule has 0 spiro atoms. The van der Waals surface area contributed by atoms with Gasteiger partial charge in [-0.3, -0.25) is 4.72 Å². The lowest BCUT2D eigenvalue weighted by Gasteiger charge is -2.15. The molecular formula is C15H10F4N4O2S. The predicted octanol–water partition coefficient (Wildman–Crippen LogP) is 3.23. The molecule has 0 radical (unpaired) electrons. The van der Waals surface area contributed by atoms with E-state index in [0.29, 0.717) is 6.07 Å². The van der Waals surface area contributed by atoms with Gasteiger partial charge in [-0.25, -0.2) is 22.5 Å². The van der Waals surface area contributed by atoms with E-state index in [9.17, 15) is 26.0 Å². The minimum atomic E-state index is -4.67. The third-order valence-electron chi connectivity index (χ3n) is 3.36. The lowest BCUT2D eigenvalue weighted by Crippen LogP contribution is -2.16. The van der Waals surface area contributed by atoms with Crippen LogP contribution in [0.15, 0.2) is 60.0 Å². The molecule has 26 heavy (non-hydrogen) atoms. The smallest absolute Gasteiger partial charge is 0.277 e. The van der Waals surface area contributed by atoms with Crippen LogP contribution in [0.2, 0.25) is 0 Å². The zero-order chi connectivity index (χ0) is 18.9. The van der Waals surface area contributed by atoms with Gasteiger partial charge in [-0.2, -0.15) is 18.3 Å². The van der Waals surface area contributed by atoms with E-state index in [0.717, 1.165) is 47.4 Å². The second-order valence-electron chi connectivity index (χ2n) is 5.13. The molecule has 0 atom stereocenters. The Bertz CT molecular complexity index is 1020. The van der Waals surface area contributed by atoms with Gasteiger partial charge in [-0.05, 0) is 42.5 Å². The van der Waals surface area contributed by atoms with Crippen molar-refractivity contribution in [2.75, 3.05) is 4.72 Å². The van der Waals surface area contributed by atoms with Gasteiger partial charge < -0.3 is 0 Å². The second-order valence-corrected chi connectivity index (χ2v) is 6.81. The summed E-state index contributed by atoms with van der Waals surface area (Å²) in [7, 11) is -4.25. The summed E-state index contributed by atoms with van der Waals surface area (Å²) in [6.07, 6.45) is -2.31. The van der Waals surface area contributed by atoms with E-state index >= 15 is 0 Å². The summed E-state index contributed by atoms with van der Waals surface area (Å²) in [5.41, 5.74) is -1.35. The van der Waals surface area contributed by atoms with Crippen LogP contribution in [0.5, 0.6) is 0 Å². The molecule has 6 nitrogen and oxygen atoms in total. The predicted molar refractivity (Wildman–Crippen MR) is 83.6 cm³/mol. The molecule has 11 heteroatoms. The maximum absolute atomic E-state index is 13.0. The molecule has 1 N–H and O–H groups in total. The molecular weight excluding hydrogens is 376 g/mol. The molecule has 0 saturated heterocycles. The Morgan fingerprint density at radius 3 is 2.31 bits per heavy atom. The fraction of sp³-hybridized carbons (Fsp3) is 0.0667. The molecule has 0 amide bonds. The Balaban J connectivity index is 2.08. The van der Waals surface area contributed by atoms with E-state index < -0.39 is 27.6 Å². The summed E-state index contributed by atoms with van der Waals surface area (Å²) >= 11 is 0. The van der Waals surface area contributed by atoms with Crippen molar-refractivity contribution in [1.29, 1.82) is 0 Å². The molecule has 0 aliphatic carbocycles. The molecule has 0 aliphatic heterocycles. The van der Waals surface area contributed by atoms with Gasteiger partial charge in [0.2, 0.25) is 0 Å². The van der Waals surface area contributed by atoms with Gasteiger partial charge in [-0.1, -0.05) is 0 Å². The lowest BCUT2D eigenvalue weighted by atomic mass is 10.1. The Hall–Kier alpha value is -2.95. The molecule has 1 heterocycles. The molecule has 0 fully saturated rings. The van der Waals surface area contributed by atoms with E-state index in [4.69, 9.17) is 0 Å². The number of rotatable bonds is 4. The van der Waals surface area contributed by atoms with Crippen LogP contribution in [0.1, 0.15) is 5.56 Å².